The van der Waals surface area contributed by atoms with E-state index in [0.29, 0.717) is 11.4 Å². The summed E-state index contributed by atoms with van der Waals surface area (Å²) in [5.41, 5.74) is 0.575. The third-order valence-corrected chi connectivity index (χ3v) is 2.25. The van der Waals surface area contributed by atoms with Crippen LogP contribution in [0.2, 0.25) is 5.02 Å². The van der Waals surface area contributed by atoms with E-state index < -0.39 is 0 Å². The van der Waals surface area contributed by atoms with Crippen LogP contribution < -0.4 is 0 Å². The van der Waals surface area contributed by atoms with Gasteiger partial charge in [0.2, 0.25) is 0 Å². The van der Waals surface area contributed by atoms with Crippen molar-refractivity contribution in [1.29, 1.82) is 0 Å². The van der Waals surface area contributed by atoms with E-state index in [9.17, 15) is 4.39 Å². The second kappa shape index (κ2) is 4.28. The molecule has 0 saturated carbocycles. The van der Waals surface area contributed by atoms with Crippen LogP contribution in [0.5, 0.6) is 0 Å². The number of hydrogen-bond donors (Lipinski definition) is 1. The molecule has 0 fully saturated rings. The average Bonchev–Trinajstić information content (AvgIpc) is 2.01. The fourth-order valence-corrected chi connectivity index (χ4v) is 1.57. The first-order valence-electron chi connectivity index (χ1n) is 4.49. The zero-order valence-electron chi connectivity index (χ0n) is 8.35. The zero-order valence-corrected chi connectivity index (χ0v) is 9.11. The minimum Gasteiger partial charge on any atom is -0.396 e. The molecule has 0 aromatic heterocycles. The van der Waals surface area contributed by atoms with Gasteiger partial charge in [0.25, 0.3) is 0 Å². The molecule has 0 radical (unpaired) electrons. The number of benzene rings is 1. The molecule has 0 bridgehead atoms. The van der Waals surface area contributed by atoms with E-state index >= 15 is 0 Å². The maximum Gasteiger partial charge on any atom is 0.124 e. The molecule has 1 N–H and O–H groups in total. The van der Waals surface area contributed by atoms with E-state index in [-0.39, 0.29) is 17.8 Å². The molecule has 0 spiro atoms. The lowest BCUT2D eigenvalue weighted by atomic mass is 9.87. The summed E-state index contributed by atoms with van der Waals surface area (Å²) in [7, 11) is 0. The Morgan fingerprint density at radius 1 is 1.36 bits per heavy atom. The standard InChI is InChI=1S/C11H14ClFO/c1-11(2,7-14)6-8-3-9(12)5-10(13)4-8/h3-5,14H,6-7H2,1-2H3. The predicted molar refractivity (Wildman–Crippen MR) is 56.0 cm³/mol. The van der Waals surface area contributed by atoms with Crippen LogP contribution in [0.3, 0.4) is 0 Å². The smallest absolute Gasteiger partial charge is 0.124 e. The van der Waals surface area contributed by atoms with Crippen LogP contribution in [0.25, 0.3) is 0 Å². The minimum atomic E-state index is -0.332. The number of hydrogen-bond acceptors (Lipinski definition) is 1. The van der Waals surface area contributed by atoms with Gasteiger partial charge in [-0.3, -0.25) is 0 Å². The van der Waals surface area contributed by atoms with E-state index in [4.69, 9.17) is 16.7 Å². The molecule has 0 heterocycles. The molecule has 78 valence electrons. The van der Waals surface area contributed by atoms with Gasteiger partial charge in [0.05, 0.1) is 0 Å². The van der Waals surface area contributed by atoms with Crippen molar-refractivity contribution in [2.75, 3.05) is 6.61 Å². The lowest BCUT2D eigenvalue weighted by Crippen LogP contribution is -2.19. The highest BCUT2D eigenvalue weighted by Crippen LogP contribution is 2.23. The summed E-state index contributed by atoms with van der Waals surface area (Å²) in [5.74, 6) is -0.332. The van der Waals surface area contributed by atoms with Gasteiger partial charge in [-0.15, -0.1) is 0 Å². The molecule has 0 atom stereocenters. The summed E-state index contributed by atoms with van der Waals surface area (Å²) in [6.07, 6.45) is 0.612. The first kappa shape index (κ1) is 11.5. The fraction of sp³-hybridized carbons (Fsp3) is 0.455. The Bertz CT molecular complexity index is 303. The number of aliphatic hydroxyl groups excluding tert-OH is 1. The van der Waals surface area contributed by atoms with Gasteiger partial charge >= 0.3 is 0 Å². The number of aliphatic hydroxyl groups is 1. The van der Waals surface area contributed by atoms with Gasteiger partial charge in [0.1, 0.15) is 5.82 Å². The first-order valence-corrected chi connectivity index (χ1v) is 4.86. The molecule has 1 aromatic rings. The molecule has 3 heteroatoms. The highest BCUT2D eigenvalue weighted by molar-refractivity contribution is 6.30. The highest BCUT2D eigenvalue weighted by atomic mass is 35.5. The summed E-state index contributed by atoms with van der Waals surface area (Å²) in [6, 6.07) is 4.45. The largest absolute Gasteiger partial charge is 0.396 e. The molecule has 1 aromatic carbocycles. The number of rotatable bonds is 3. The number of halogens is 2. The fourth-order valence-electron chi connectivity index (χ4n) is 1.32. The third kappa shape index (κ3) is 3.28. The second-order valence-corrected chi connectivity index (χ2v) is 4.71. The van der Waals surface area contributed by atoms with Crippen LogP contribution in [0.1, 0.15) is 19.4 Å². The van der Waals surface area contributed by atoms with E-state index in [1.807, 2.05) is 13.8 Å². The SMILES string of the molecule is CC(C)(CO)Cc1cc(F)cc(Cl)c1. The van der Waals surface area contributed by atoms with Gasteiger partial charge in [-0.25, -0.2) is 4.39 Å². The van der Waals surface area contributed by atoms with Crippen molar-refractivity contribution in [3.05, 3.63) is 34.6 Å². The quantitative estimate of drug-likeness (QED) is 0.824. The van der Waals surface area contributed by atoms with Crippen molar-refractivity contribution in [1.82, 2.24) is 0 Å². The molecule has 0 saturated heterocycles. The van der Waals surface area contributed by atoms with E-state index in [0.717, 1.165) is 5.56 Å². The Kier molecular flexibility index (Phi) is 3.51. The van der Waals surface area contributed by atoms with Gasteiger partial charge in [0, 0.05) is 11.6 Å². The topological polar surface area (TPSA) is 20.2 Å². The van der Waals surface area contributed by atoms with Crippen LogP contribution in [0, 0.1) is 11.2 Å². The van der Waals surface area contributed by atoms with E-state index in [1.165, 1.54) is 12.1 Å². The van der Waals surface area contributed by atoms with E-state index in [1.54, 1.807) is 6.07 Å². The molecule has 0 unspecified atom stereocenters. The molecular weight excluding hydrogens is 203 g/mol. The summed E-state index contributed by atoms with van der Waals surface area (Å²) in [4.78, 5) is 0. The van der Waals surface area contributed by atoms with Gasteiger partial charge in [-0.2, -0.15) is 0 Å². The van der Waals surface area contributed by atoms with Crippen molar-refractivity contribution in [2.24, 2.45) is 5.41 Å². The Balaban J connectivity index is 2.87. The van der Waals surface area contributed by atoms with Crippen molar-refractivity contribution < 1.29 is 9.50 Å². The van der Waals surface area contributed by atoms with Crippen LogP contribution >= 0.6 is 11.6 Å². The van der Waals surface area contributed by atoms with Crippen molar-refractivity contribution in [3.63, 3.8) is 0 Å². The zero-order chi connectivity index (χ0) is 10.8. The summed E-state index contributed by atoms with van der Waals surface area (Å²) >= 11 is 5.72. The second-order valence-electron chi connectivity index (χ2n) is 4.28. The van der Waals surface area contributed by atoms with Gasteiger partial charge in [-0.1, -0.05) is 25.4 Å². The van der Waals surface area contributed by atoms with Gasteiger partial charge < -0.3 is 5.11 Å². The molecule has 0 amide bonds. The Hall–Kier alpha value is -0.600. The van der Waals surface area contributed by atoms with Gasteiger partial charge in [0.15, 0.2) is 0 Å². The lowest BCUT2D eigenvalue weighted by Gasteiger charge is -2.21. The average molecular weight is 217 g/mol. The molecule has 0 aliphatic carbocycles. The summed E-state index contributed by atoms with van der Waals surface area (Å²) in [5, 5.41) is 9.46. The van der Waals surface area contributed by atoms with E-state index in [2.05, 4.69) is 0 Å². The molecule has 0 aliphatic heterocycles. The Morgan fingerprint density at radius 2 is 2.00 bits per heavy atom. The maximum atomic E-state index is 13.0. The normalized spacial score (nSPS) is 11.8. The lowest BCUT2D eigenvalue weighted by molar-refractivity contribution is 0.159. The minimum absolute atomic E-state index is 0.0706. The molecule has 1 nitrogen and oxygen atoms in total. The van der Waals surface area contributed by atoms with Gasteiger partial charge in [-0.05, 0) is 35.6 Å². The monoisotopic (exact) mass is 216 g/mol. The first-order chi connectivity index (χ1) is 6.43. The van der Waals surface area contributed by atoms with Crippen LogP contribution in [0.4, 0.5) is 4.39 Å². The summed E-state index contributed by atoms with van der Waals surface area (Å²) in [6.45, 7) is 3.92. The highest BCUT2D eigenvalue weighted by Gasteiger charge is 2.17. The van der Waals surface area contributed by atoms with Crippen molar-refractivity contribution in [3.8, 4) is 0 Å². The summed E-state index contributed by atoms with van der Waals surface area (Å²) < 4.78 is 13.0. The maximum absolute atomic E-state index is 13.0. The molecule has 0 aliphatic rings. The Morgan fingerprint density at radius 3 is 2.50 bits per heavy atom. The molecular formula is C11H14ClFO. The van der Waals surface area contributed by atoms with Crippen LogP contribution in [0.15, 0.2) is 18.2 Å². The molecule has 1 rings (SSSR count). The van der Waals surface area contributed by atoms with Crippen LogP contribution in [-0.2, 0) is 6.42 Å². The molecule has 14 heavy (non-hydrogen) atoms. The predicted octanol–water partition coefficient (Wildman–Crippen LogP) is 3.04. The van der Waals surface area contributed by atoms with Crippen LogP contribution in [-0.4, -0.2) is 11.7 Å². The van der Waals surface area contributed by atoms with Crippen molar-refractivity contribution >= 4 is 11.6 Å². The third-order valence-electron chi connectivity index (χ3n) is 2.03. The van der Waals surface area contributed by atoms with Crippen molar-refractivity contribution in [2.45, 2.75) is 20.3 Å². The Labute approximate surface area is 88.5 Å².